The van der Waals surface area contributed by atoms with Crippen molar-refractivity contribution in [1.82, 2.24) is 0 Å². The van der Waals surface area contributed by atoms with E-state index in [9.17, 15) is 19.7 Å². The zero-order valence-electron chi connectivity index (χ0n) is 14.7. The van der Waals surface area contributed by atoms with E-state index in [1.165, 1.54) is 24.3 Å². The summed E-state index contributed by atoms with van der Waals surface area (Å²) in [5.41, 5.74) is 0.273. The summed E-state index contributed by atoms with van der Waals surface area (Å²) in [5, 5.41) is 11.4. The average molecular weight is 386 g/mol. The van der Waals surface area contributed by atoms with Crippen molar-refractivity contribution in [2.45, 2.75) is 23.5 Å². The van der Waals surface area contributed by atoms with Crippen LogP contribution in [0.5, 0.6) is 0 Å². The van der Waals surface area contributed by atoms with E-state index in [4.69, 9.17) is 4.74 Å². The van der Waals surface area contributed by atoms with Gasteiger partial charge in [-0.25, -0.2) is 4.79 Å². The van der Waals surface area contributed by atoms with Gasteiger partial charge in [-0.2, -0.15) is 0 Å². The van der Waals surface area contributed by atoms with Gasteiger partial charge in [0, 0.05) is 22.8 Å². The first-order valence-electron chi connectivity index (χ1n) is 8.44. The number of esters is 1. The van der Waals surface area contributed by atoms with Crippen LogP contribution < -0.4 is 4.90 Å². The Hall–Kier alpha value is -2.87. The fourth-order valence-electron chi connectivity index (χ4n) is 2.83. The third-order valence-electron chi connectivity index (χ3n) is 4.19. The normalized spacial score (nSPS) is 16.2. The maximum atomic E-state index is 12.7. The Balaban J connectivity index is 1.73. The minimum atomic E-state index is -0.887. The second kappa shape index (κ2) is 8.22. The summed E-state index contributed by atoms with van der Waals surface area (Å²) in [6, 6.07) is 13.1. The summed E-state index contributed by atoms with van der Waals surface area (Å²) in [6.45, 7) is 2.15. The van der Waals surface area contributed by atoms with Crippen LogP contribution in [0.4, 0.5) is 11.4 Å². The average Bonchev–Trinajstić information content (AvgIpc) is 2.84. The molecule has 0 saturated heterocycles. The van der Waals surface area contributed by atoms with Crippen LogP contribution >= 0.6 is 11.8 Å². The number of hydrogen-bond acceptors (Lipinski definition) is 6. The topological polar surface area (TPSA) is 89.8 Å². The van der Waals surface area contributed by atoms with Gasteiger partial charge in [-0.1, -0.05) is 31.2 Å². The molecule has 0 aromatic heterocycles. The van der Waals surface area contributed by atoms with Gasteiger partial charge in [0.25, 0.3) is 11.6 Å². The second-order valence-electron chi connectivity index (χ2n) is 6.08. The number of rotatable bonds is 4. The molecule has 1 atom stereocenters. The van der Waals surface area contributed by atoms with E-state index in [1.54, 1.807) is 16.7 Å². The highest BCUT2D eigenvalue weighted by molar-refractivity contribution is 8.00. The summed E-state index contributed by atoms with van der Waals surface area (Å²) in [5.74, 6) is -1.24. The van der Waals surface area contributed by atoms with Crippen molar-refractivity contribution >= 4 is 35.0 Å². The van der Waals surface area contributed by atoms with Crippen molar-refractivity contribution in [1.29, 1.82) is 0 Å². The lowest BCUT2D eigenvalue weighted by molar-refractivity contribution is -0.385. The summed E-state index contributed by atoms with van der Waals surface area (Å²) in [7, 11) is 0. The highest BCUT2D eigenvalue weighted by atomic mass is 32.2. The fourth-order valence-corrected chi connectivity index (χ4v) is 3.95. The molecule has 1 heterocycles. The lowest BCUT2D eigenvalue weighted by Crippen LogP contribution is -2.35. The molecule has 27 heavy (non-hydrogen) atoms. The Morgan fingerprint density at radius 2 is 1.93 bits per heavy atom. The molecule has 0 spiro atoms. The van der Waals surface area contributed by atoms with Crippen molar-refractivity contribution in [3.63, 3.8) is 0 Å². The first kappa shape index (κ1) is 18.9. The zero-order chi connectivity index (χ0) is 19.4. The van der Waals surface area contributed by atoms with E-state index in [0.29, 0.717) is 11.8 Å². The number of amides is 1. The molecule has 3 rings (SSSR count). The van der Waals surface area contributed by atoms with E-state index >= 15 is 0 Å². The molecule has 8 heteroatoms. The SMILES string of the molecule is CC1CCN(C(=O)COC(=O)c2ccccc2[N+](=O)[O-])c2ccccc2S1. The fraction of sp³-hybridized carbons (Fsp3) is 0.263. The number of nitro groups is 1. The Bertz CT molecular complexity index is 886. The van der Waals surface area contributed by atoms with Gasteiger partial charge in [-0.3, -0.25) is 14.9 Å². The molecular formula is C19H18N2O5S. The zero-order valence-corrected chi connectivity index (χ0v) is 15.5. The molecule has 0 N–H and O–H groups in total. The highest BCUT2D eigenvalue weighted by Crippen LogP contribution is 2.37. The van der Waals surface area contributed by atoms with Gasteiger partial charge in [0.2, 0.25) is 0 Å². The van der Waals surface area contributed by atoms with Crippen LogP contribution in [0.25, 0.3) is 0 Å². The molecule has 2 aromatic carbocycles. The van der Waals surface area contributed by atoms with E-state index in [1.807, 2.05) is 24.3 Å². The van der Waals surface area contributed by atoms with Crippen LogP contribution in [-0.2, 0) is 9.53 Å². The van der Waals surface area contributed by atoms with Gasteiger partial charge in [-0.15, -0.1) is 11.8 Å². The van der Waals surface area contributed by atoms with Crippen LogP contribution in [0, 0.1) is 10.1 Å². The molecule has 0 fully saturated rings. The van der Waals surface area contributed by atoms with Crippen molar-refractivity contribution in [2.75, 3.05) is 18.1 Å². The molecule has 0 saturated carbocycles. The molecular weight excluding hydrogens is 368 g/mol. The number of thioether (sulfide) groups is 1. The molecule has 1 unspecified atom stereocenters. The Labute approximate surface area is 160 Å². The standard InChI is InChI=1S/C19H18N2O5S/c1-13-10-11-20(16-8-4-5-9-17(16)27-13)18(22)12-26-19(23)14-6-2-3-7-15(14)21(24)25/h2-9,13H,10-12H2,1H3. The van der Waals surface area contributed by atoms with Gasteiger partial charge in [-0.05, 0) is 24.6 Å². The largest absolute Gasteiger partial charge is 0.452 e. The molecule has 1 amide bonds. The quantitative estimate of drug-likeness (QED) is 0.452. The van der Waals surface area contributed by atoms with Crippen molar-refractivity contribution in [2.24, 2.45) is 0 Å². The predicted octanol–water partition coefficient (Wildman–Crippen LogP) is 3.67. The minimum absolute atomic E-state index is 0.171. The number of ether oxygens (including phenoxy) is 1. The Morgan fingerprint density at radius 1 is 1.22 bits per heavy atom. The van der Waals surface area contributed by atoms with Crippen molar-refractivity contribution < 1.29 is 19.2 Å². The van der Waals surface area contributed by atoms with Gasteiger partial charge < -0.3 is 9.64 Å². The number of carbonyl (C=O) groups is 2. The predicted molar refractivity (Wildman–Crippen MR) is 102 cm³/mol. The maximum Gasteiger partial charge on any atom is 0.345 e. The third kappa shape index (κ3) is 4.28. The van der Waals surface area contributed by atoms with Gasteiger partial charge in [0.1, 0.15) is 5.56 Å². The number of carbonyl (C=O) groups excluding carboxylic acids is 2. The molecule has 0 bridgehead atoms. The lowest BCUT2D eigenvalue weighted by Gasteiger charge is -2.22. The molecule has 1 aliphatic heterocycles. The maximum absolute atomic E-state index is 12.7. The third-order valence-corrected chi connectivity index (χ3v) is 5.43. The molecule has 0 aliphatic carbocycles. The van der Waals surface area contributed by atoms with Crippen molar-refractivity contribution in [3.05, 3.63) is 64.2 Å². The first-order valence-corrected chi connectivity index (χ1v) is 9.32. The molecule has 7 nitrogen and oxygen atoms in total. The molecule has 140 valence electrons. The molecule has 0 radical (unpaired) electrons. The second-order valence-corrected chi connectivity index (χ2v) is 7.56. The first-order chi connectivity index (χ1) is 13.0. The van der Waals surface area contributed by atoms with Gasteiger partial charge >= 0.3 is 5.97 Å². The Kier molecular flexibility index (Phi) is 5.75. The van der Waals surface area contributed by atoms with Crippen LogP contribution in [0.2, 0.25) is 0 Å². The smallest absolute Gasteiger partial charge is 0.345 e. The van der Waals surface area contributed by atoms with E-state index in [0.717, 1.165) is 17.0 Å². The highest BCUT2D eigenvalue weighted by Gasteiger charge is 2.26. The van der Waals surface area contributed by atoms with Gasteiger partial charge in [0.05, 0.1) is 10.6 Å². The number of fused-ring (bicyclic) bond motifs is 1. The van der Waals surface area contributed by atoms with Crippen molar-refractivity contribution in [3.8, 4) is 0 Å². The van der Waals surface area contributed by atoms with E-state index in [2.05, 4.69) is 6.92 Å². The summed E-state index contributed by atoms with van der Waals surface area (Å²) >= 11 is 1.70. The van der Waals surface area contributed by atoms with Crippen LogP contribution in [0.3, 0.4) is 0 Å². The van der Waals surface area contributed by atoms with Gasteiger partial charge in [0.15, 0.2) is 6.61 Å². The monoisotopic (exact) mass is 386 g/mol. The number of para-hydroxylation sites is 2. The summed E-state index contributed by atoms with van der Waals surface area (Å²) in [4.78, 5) is 37.9. The number of nitro benzene ring substituents is 1. The number of nitrogens with zero attached hydrogens (tertiary/aromatic N) is 2. The molecule has 1 aliphatic rings. The lowest BCUT2D eigenvalue weighted by atomic mass is 10.2. The number of anilines is 1. The van der Waals surface area contributed by atoms with Crippen LogP contribution in [0.15, 0.2) is 53.4 Å². The minimum Gasteiger partial charge on any atom is -0.452 e. The number of hydrogen-bond donors (Lipinski definition) is 0. The number of benzene rings is 2. The van der Waals surface area contributed by atoms with Crippen LogP contribution in [0.1, 0.15) is 23.7 Å². The van der Waals surface area contributed by atoms with E-state index in [-0.39, 0.29) is 17.2 Å². The Morgan fingerprint density at radius 3 is 2.70 bits per heavy atom. The van der Waals surface area contributed by atoms with E-state index < -0.39 is 17.5 Å². The molecule has 2 aromatic rings. The summed E-state index contributed by atoms with van der Waals surface area (Å²) < 4.78 is 5.08. The summed E-state index contributed by atoms with van der Waals surface area (Å²) in [6.07, 6.45) is 0.809. The van der Waals surface area contributed by atoms with Crippen LogP contribution in [-0.4, -0.2) is 35.2 Å².